The third kappa shape index (κ3) is 3.61. The molecular weight excluding hydrogens is 265 g/mol. The van der Waals surface area contributed by atoms with Crippen molar-refractivity contribution >= 4 is 28.6 Å². The first-order valence-electron chi connectivity index (χ1n) is 5.76. The van der Waals surface area contributed by atoms with Crippen molar-refractivity contribution in [3.05, 3.63) is 41.3 Å². The fraction of sp³-hybridized carbons (Fsp3) is 0.286. The topological polar surface area (TPSA) is 52.3 Å². The van der Waals surface area contributed by atoms with E-state index < -0.39 is 11.8 Å². The van der Waals surface area contributed by atoms with Crippen LogP contribution in [-0.2, 0) is 4.74 Å². The van der Waals surface area contributed by atoms with E-state index in [1.807, 2.05) is 13.8 Å². The van der Waals surface area contributed by atoms with E-state index in [1.54, 1.807) is 0 Å². The van der Waals surface area contributed by atoms with Crippen molar-refractivity contribution in [1.29, 1.82) is 0 Å². The van der Waals surface area contributed by atoms with Crippen LogP contribution in [0.1, 0.15) is 29.8 Å². The number of nitrogens with two attached hydrogens (primary N) is 1. The van der Waals surface area contributed by atoms with Crippen LogP contribution in [0.15, 0.2) is 24.4 Å². The zero-order valence-corrected chi connectivity index (χ0v) is 11.9. The Kier molecular flexibility index (Phi) is 5.18. The van der Waals surface area contributed by atoms with Gasteiger partial charge in [0, 0.05) is 16.6 Å². The molecule has 0 unspecified atom stereocenters. The average molecular weight is 281 g/mol. The second-order valence-corrected chi connectivity index (χ2v) is 4.76. The predicted octanol–water partition coefficient (Wildman–Crippen LogP) is 2.94. The van der Waals surface area contributed by atoms with E-state index in [2.05, 4.69) is 4.74 Å². The largest absolute Gasteiger partial charge is 0.465 e. The number of hydrogen-bond acceptors (Lipinski definition) is 4. The molecule has 0 radical (unpaired) electrons. The number of carbonyl (C=O) groups is 1. The first-order chi connectivity index (χ1) is 8.90. The quantitative estimate of drug-likeness (QED) is 0.524. The highest BCUT2D eigenvalue weighted by atomic mass is 32.1. The van der Waals surface area contributed by atoms with Gasteiger partial charge in [0.05, 0.1) is 12.7 Å². The Morgan fingerprint density at radius 1 is 1.37 bits per heavy atom. The molecule has 0 aromatic heterocycles. The van der Waals surface area contributed by atoms with Crippen LogP contribution >= 0.6 is 12.2 Å². The van der Waals surface area contributed by atoms with Gasteiger partial charge in [-0.15, -0.1) is 0 Å². The minimum absolute atomic E-state index is 0.0923. The Morgan fingerprint density at radius 2 is 1.95 bits per heavy atom. The van der Waals surface area contributed by atoms with Crippen LogP contribution in [0.3, 0.4) is 0 Å². The molecule has 1 aromatic rings. The summed E-state index contributed by atoms with van der Waals surface area (Å²) in [7, 11) is 1.24. The molecule has 0 aliphatic heterocycles. The molecule has 2 N–H and O–H groups in total. The highest BCUT2D eigenvalue weighted by molar-refractivity contribution is 7.81. The molecule has 0 bridgehead atoms. The maximum Gasteiger partial charge on any atom is 0.337 e. The summed E-state index contributed by atoms with van der Waals surface area (Å²) in [4.78, 5) is 12.1. The lowest BCUT2D eigenvalue weighted by atomic mass is 9.95. The number of carbonyl (C=O) groups excluding carboxylic acids is 1. The van der Waals surface area contributed by atoms with Crippen molar-refractivity contribution < 1.29 is 13.9 Å². The number of esters is 1. The molecule has 0 fully saturated rings. The van der Waals surface area contributed by atoms with Crippen molar-refractivity contribution in [2.45, 2.75) is 13.8 Å². The first kappa shape index (κ1) is 15.3. The van der Waals surface area contributed by atoms with Crippen molar-refractivity contribution in [3.8, 4) is 0 Å². The SMILES string of the molecule is COC(=O)c1cc(F)cc(C(=CN)C(=S)C(C)C)c1. The number of rotatable bonds is 4. The van der Waals surface area contributed by atoms with Crippen LogP contribution < -0.4 is 5.73 Å². The summed E-state index contributed by atoms with van der Waals surface area (Å²) in [6.07, 6.45) is 1.33. The average Bonchev–Trinajstić information content (AvgIpc) is 2.37. The van der Waals surface area contributed by atoms with E-state index in [4.69, 9.17) is 18.0 Å². The molecule has 0 spiro atoms. The summed E-state index contributed by atoms with van der Waals surface area (Å²) >= 11 is 5.27. The summed E-state index contributed by atoms with van der Waals surface area (Å²) in [5.74, 6) is -1.05. The van der Waals surface area contributed by atoms with Gasteiger partial charge in [-0.25, -0.2) is 9.18 Å². The van der Waals surface area contributed by atoms with Crippen LogP contribution in [0.4, 0.5) is 4.39 Å². The number of thiocarbonyl (C=S) groups is 1. The smallest absolute Gasteiger partial charge is 0.337 e. The monoisotopic (exact) mass is 281 g/mol. The maximum atomic E-state index is 13.6. The van der Waals surface area contributed by atoms with Crippen LogP contribution in [0, 0.1) is 11.7 Å². The molecule has 1 rings (SSSR count). The van der Waals surface area contributed by atoms with Crippen molar-refractivity contribution in [2.75, 3.05) is 7.11 Å². The molecule has 0 saturated carbocycles. The van der Waals surface area contributed by atoms with Crippen LogP contribution in [0.25, 0.3) is 5.57 Å². The van der Waals surface area contributed by atoms with Gasteiger partial charge in [-0.3, -0.25) is 0 Å². The molecule has 0 atom stereocenters. The predicted molar refractivity (Wildman–Crippen MR) is 77.3 cm³/mol. The standard InChI is InChI=1S/C14H16FNO2S/c1-8(2)13(19)12(7-16)9-4-10(14(17)18-3)6-11(15)5-9/h4-8H,16H2,1-3H3. The Bertz CT molecular complexity index is 538. The highest BCUT2D eigenvalue weighted by Crippen LogP contribution is 2.22. The number of halogens is 1. The van der Waals surface area contributed by atoms with Gasteiger partial charge in [-0.2, -0.15) is 0 Å². The first-order valence-corrected chi connectivity index (χ1v) is 6.17. The van der Waals surface area contributed by atoms with Crippen molar-refractivity contribution in [2.24, 2.45) is 11.7 Å². The van der Waals surface area contributed by atoms with Crippen LogP contribution in [0.5, 0.6) is 0 Å². The van der Waals surface area contributed by atoms with E-state index in [9.17, 15) is 9.18 Å². The van der Waals surface area contributed by atoms with Gasteiger partial charge in [0.25, 0.3) is 0 Å². The highest BCUT2D eigenvalue weighted by Gasteiger charge is 2.15. The molecule has 19 heavy (non-hydrogen) atoms. The van der Waals surface area contributed by atoms with Crippen LogP contribution in [0.2, 0.25) is 0 Å². The molecule has 0 amide bonds. The summed E-state index contributed by atoms with van der Waals surface area (Å²) in [5.41, 5.74) is 6.72. The second-order valence-electron chi connectivity index (χ2n) is 4.32. The van der Waals surface area contributed by atoms with Gasteiger partial charge < -0.3 is 10.5 Å². The van der Waals surface area contributed by atoms with Gasteiger partial charge in [-0.05, 0) is 29.7 Å². The lowest BCUT2D eigenvalue weighted by Crippen LogP contribution is -2.10. The van der Waals surface area contributed by atoms with E-state index >= 15 is 0 Å². The zero-order chi connectivity index (χ0) is 14.6. The molecule has 5 heteroatoms. The third-order valence-electron chi connectivity index (χ3n) is 2.59. The van der Waals surface area contributed by atoms with Gasteiger partial charge in [0.15, 0.2) is 0 Å². The molecule has 102 valence electrons. The van der Waals surface area contributed by atoms with E-state index in [-0.39, 0.29) is 11.5 Å². The Morgan fingerprint density at radius 3 is 2.42 bits per heavy atom. The van der Waals surface area contributed by atoms with E-state index in [0.717, 1.165) is 6.07 Å². The number of ether oxygens (including phenoxy) is 1. The summed E-state index contributed by atoms with van der Waals surface area (Å²) in [6.45, 7) is 3.85. The summed E-state index contributed by atoms with van der Waals surface area (Å²) < 4.78 is 18.1. The molecule has 0 aliphatic carbocycles. The van der Waals surface area contributed by atoms with Crippen molar-refractivity contribution in [3.63, 3.8) is 0 Å². The van der Waals surface area contributed by atoms with E-state index in [0.29, 0.717) is 16.0 Å². The normalized spacial score (nSPS) is 11.5. The number of methoxy groups -OCH3 is 1. The minimum Gasteiger partial charge on any atom is -0.465 e. The zero-order valence-electron chi connectivity index (χ0n) is 11.1. The Balaban J connectivity index is 3.30. The number of benzene rings is 1. The Labute approximate surface area is 117 Å². The molecule has 0 heterocycles. The van der Waals surface area contributed by atoms with E-state index in [1.165, 1.54) is 25.4 Å². The van der Waals surface area contributed by atoms with Crippen LogP contribution in [-0.4, -0.2) is 17.9 Å². The molecular formula is C14H16FNO2S. The fourth-order valence-electron chi connectivity index (χ4n) is 1.61. The fourth-order valence-corrected chi connectivity index (χ4v) is 1.80. The number of hydrogen-bond donors (Lipinski definition) is 1. The van der Waals surface area contributed by atoms with Gasteiger partial charge >= 0.3 is 5.97 Å². The second kappa shape index (κ2) is 6.43. The molecule has 0 saturated heterocycles. The van der Waals surface area contributed by atoms with Crippen molar-refractivity contribution in [1.82, 2.24) is 0 Å². The lowest BCUT2D eigenvalue weighted by Gasteiger charge is -2.13. The minimum atomic E-state index is -0.604. The lowest BCUT2D eigenvalue weighted by molar-refractivity contribution is 0.0600. The molecule has 1 aromatic carbocycles. The number of allylic oxidation sites excluding steroid dienone is 1. The third-order valence-corrected chi connectivity index (χ3v) is 3.28. The Hall–Kier alpha value is -1.75. The molecule has 3 nitrogen and oxygen atoms in total. The van der Waals surface area contributed by atoms with Gasteiger partial charge in [0.1, 0.15) is 5.82 Å². The maximum absolute atomic E-state index is 13.6. The van der Waals surface area contributed by atoms with Gasteiger partial charge in [0.2, 0.25) is 0 Å². The summed E-state index contributed by atoms with van der Waals surface area (Å²) in [5, 5.41) is 0. The molecule has 0 aliphatic rings. The van der Waals surface area contributed by atoms with Gasteiger partial charge in [-0.1, -0.05) is 26.1 Å². The summed E-state index contributed by atoms with van der Waals surface area (Å²) in [6, 6.07) is 3.92.